The molecule has 0 fully saturated rings. The van der Waals surface area contributed by atoms with E-state index >= 15 is 0 Å². The summed E-state index contributed by atoms with van der Waals surface area (Å²) in [5.41, 5.74) is 9.29. The molecule has 0 saturated carbocycles. The Hall–Kier alpha value is -3.86. The number of primary amides is 1. The monoisotopic (exact) mass is 384 g/mol. The molecule has 1 aromatic heterocycles. The fourth-order valence-corrected chi connectivity index (χ4v) is 2.99. The van der Waals surface area contributed by atoms with Gasteiger partial charge < -0.3 is 14.9 Å². The van der Waals surface area contributed by atoms with Crippen molar-refractivity contribution >= 4 is 22.6 Å². The van der Waals surface area contributed by atoms with Crippen LogP contribution in [0.2, 0.25) is 0 Å². The zero-order chi connectivity index (χ0) is 20.2. The molecule has 0 aliphatic heterocycles. The molecule has 29 heavy (non-hydrogen) atoms. The van der Waals surface area contributed by atoms with Crippen LogP contribution in [-0.4, -0.2) is 5.91 Å². The Morgan fingerprint density at radius 3 is 2.52 bits per heavy atom. The van der Waals surface area contributed by atoms with Gasteiger partial charge in [0.15, 0.2) is 0 Å². The van der Waals surface area contributed by atoms with Crippen LogP contribution in [0.1, 0.15) is 21.5 Å². The Kier molecular flexibility index (Phi) is 5.12. The van der Waals surface area contributed by atoms with Crippen LogP contribution in [0.3, 0.4) is 0 Å². The lowest BCUT2D eigenvalue weighted by Gasteiger charge is -2.08. The maximum atomic E-state index is 11.9. The Morgan fingerprint density at radius 1 is 1.00 bits per heavy atom. The fourth-order valence-electron chi connectivity index (χ4n) is 2.99. The van der Waals surface area contributed by atoms with Gasteiger partial charge in [0, 0.05) is 11.5 Å². The number of hydrogen-bond acceptors (Lipinski definition) is 4. The van der Waals surface area contributed by atoms with Gasteiger partial charge in [-0.05, 0) is 42.3 Å². The minimum atomic E-state index is -0.590. The first-order valence-electron chi connectivity index (χ1n) is 9.25. The number of nitrogens with zero attached hydrogens (tertiary/aromatic N) is 1. The normalized spacial score (nSPS) is 11.6. The van der Waals surface area contributed by atoms with Crippen LogP contribution in [0, 0.1) is 6.92 Å². The van der Waals surface area contributed by atoms with Gasteiger partial charge in [0.1, 0.15) is 23.5 Å². The van der Waals surface area contributed by atoms with Crippen molar-refractivity contribution in [1.82, 2.24) is 0 Å². The molecule has 0 aliphatic carbocycles. The van der Waals surface area contributed by atoms with Crippen LogP contribution >= 0.6 is 0 Å². The van der Waals surface area contributed by atoms with E-state index in [1.54, 1.807) is 12.1 Å². The number of amides is 1. The molecule has 0 aliphatic rings. The van der Waals surface area contributed by atoms with E-state index in [1.807, 2.05) is 73.7 Å². The van der Waals surface area contributed by atoms with E-state index in [2.05, 4.69) is 4.99 Å². The predicted octanol–water partition coefficient (Wildman–Crippen LogP) is 4.65. The lowest BCUT2D eigenvalue weighted by atomic mass is 10.1. The molecular weight excluding hydrogens is 364 g/mol. The van der Waals surface area contributed by atoms with Crippen LogP contribution in [0.15, 0.2) is 88.3 Å². The van der Waals surface area contributed by atoms with Gasteiger partial charge in [0.25, 0.3) is 5.91 Å². The number of rotatable bonds is 5. The third kappa shape index (κ3) is 4.19. The summed E-state index contributed by atoms with van der Waals surface area (Å²) in [6.45, 7) is 2.39. The van der Waals surface area contributed by atoms with Crippen molar-refractivity contribution in [2.24, 2.45) is 10.7 Å². The Balaban J connectivity index is 1.75. The van der Waals surface area contributed by atoms with Crippen molar-refractivity contribution in [2.75, 3.05) is 0 Å². The molecule has 0 unspecified atom stereocenters. The Bertz CT molecular complexity index is 1240. The SMILES string of the molecule is Cc1ccccc1N=c1oc2cc(OCc3ccccc3)ccc2cc1C(N)=O. The van der Waals surface area contributed by atoms with Gasteiger partial charge in [-0.25, -0.2) is 4.99 Å². The number of ether oxygens (including phenoxy) is 1. The summed E-state index contributed by atoms with van der Waals surface area (Å²) in [6.07, 6.45) is 0. The number of hydrogen-bond donors (Lipinski definition) is 1. The number of carbonyl (C=O) groups excluding carboxylic acids is 1. The summed E-state index contributed by atoms with van der Waals surface area (Å²) in [6, 6.07) is 24.7. The van der Waals surface area contributed by atoms with Crippen molar-refractivity contribution < 1.29 is 13.9 Å². The summed E-state index contributed by atoms with van der Waals surface area (Å²) in [7, 11) is 0. The highest BCUT2D eigenvalue weighted by Gasteiger charge is 2.11. The lowest BCUT2D eigenvalue weighted by molar-refractivity contribution is 0.0996. The molecule has 4 aromatic rings. The molecule has 0 bridgehead atoms. The highest BCUT2D eigenvalue weighted by atomic mass is 16.5. The summed E-state index contributed by atoms with van der Waals surface area (Å²) in [5, 5.41) is 0.745. The first kappa shape index (κ1) is 18.5. The summed E-state index contributed by atoms with van der Waals surface area (Å²) in [5.74, 6) is 0.0751. The van der Waals surface area contributed by atoms with Gasteiger partial charge in [0.05, 0.1) is 5.69 Å². The second-order valence-electron chi connectivity index (χ2n) is 6.70. The van der Waals surface area contributed by atoms with Crippen molar-refractivity contribution in [3.63, 3.8) is 0 Å². The van der Waals surface area contributed by atoms with Gasteiger partial charge in [-0.1, -0.05) is 48.5 Å². The predicted molar refractivity (Wildman–Crippen MR) is 112 cm³/mol. The van der Waals surface area contributed by atoms with Crippen LogP contribution < -0.4 is 16.0 Å². The van der Waals surface area contributed by atoms with Crippen molar-refractivity contribution in [2.45, 2.75) is 13.5 Å². The average molecular weight is 384 g/mol. The summed E-state index contributed by atoms with van der Waals surface area (Å²) in [4.78, 5) is 16.5. The van der Waals surface area contributed by atoms with E-state index in [9.17, 15) is 4.79 Å². The second-order valence-corrected chi connectivity index (χ2v) is 6.70. The standard InChI is InChI=1S/C24H20N2O3/c1-16-7-5-6-10-21(16)26-24-20(23(25)27)13-18-11-12-19(14-22(18)29-24)28-15-17-8-3-2-4-9-17/h2-14H,15H2,1H3,(H2,25,27). The molecule has 0 radical (unpaired) electrons. The van der Waals surface area contributed by atoms with Gasteiger partial charge in [0.2, 0.25) is 5.55 Å². The van der Waals surface area contributed by atoms with E-state index in [1.165, 1.54) is 0 Å². The largest absolute Gasteiger partial charge is 0.489 e. The van der Waals surface area contributed by atoms with E-state index in [-0.39, 0.29) is 11.1 Å². The van der Waals surface area contributed by atoms with Crippen LogP contribution in [0.25, 0.3) is 11.0 Å². The van der Waals surface area contributed by atoms with E-state index in [0.717, 1.165) is 22.2 Å². The number of para-hydroxylation sites is 1. The van der Waals surface area contributed by atoms with Gasteiger partial charge in [-0.3, -0.25) is 4.79 Å². The second kappa shape index (κ2) is 8.02. The zero-order valence-electron chi connectivity index (χ0n) is 16.0. The highest BCUT2D eigenvalue weighted by Crippen LogP contribution is 2.22. The van der Waals surface area contributed by atoms with Gasteiger partial charge in [-0.2, -0.15) is 0 Å². The summed E-state index contributed by atoms with van der Waals surface area (Å²) >= 11 is 0. The van der Waals surface area contributed by atoms with Crippen molar-refractivity contribution in [3.8, 4) is 5.75 Å². The Morgan fingerprint density at radius 2 is 1.76 bits per heavy atom. The molecule has 1 amide bonds. The topological polar surface area (TPSA) is 77.8 Å². The van der Waals surface area contributed by atoms with E-state index in [4.69, 9.17) is 14.9 Å². The number of benzene rings is 3. The molecule has 0 spiro atoms. The molecule has 0 saturated heterocycles. The van der Waals surface area contributed by atoms with Gasteiger partial charge in [-0.15, -0.1) is 0 Å². The van der Waals surface area contributed by atoms with Gasteiger partial charge >= 0.3 is 0 Å². The molecule has 0 atom stereocenters. The lowest BCUT2D eigenvalue weighted by Crippen LogP contribution is -2.21. The van der Waals surface area contributed by atoms with E-state index in [0.29, 0.717) is 17.9 Å². The van der Waals surface area contributed by atoms with E-state index < -0.39 is 5.91 Å². The molecule has 4 rings (SSSR count). The summed E-state index contributed by atoms with van der Waals surface area (Å²) < 4.78 is 11.8. The van der Waals surface area contributed by atoms with Crippen LogP contribution in [0.5, 0.6) is 5.75 Å². The van der Waals surface area contributed by atoms with Crippen LogP contribution in [0.4, 0.5) is 5.69 Å². The number of nitrogens with two attached hydrogens (primary N) is 1. The molecule has 144 valence electrons. The smallest absolute Gasteiger partial charge is 0.254 e. The van der Waals surface area contributed by atoms with Crippen molar-refractivity contribution in [1.29, 1.82) is 0 Å². The fraction of sp³-hybridized carbons (Fsp3) is 0.0833. The van der Waals surface area contributed by atoms with Crippen LogP contribution in [-0.2, 0) is 6.61 Å². The molecule has 2 N–H and O–H groups in total. The first-order chi connectivity index (χ1) is 14.1. The molecule has 3 aromatic carbocycles. The maximum absolute atomic E-state index is 11.9. The zero-order valence-corrected chi connectivity index (χ0v) is 16.0. The molecular formula is C24H20N2O3. The molecule has 5 heteroatoms. The minimum absolute atomic E-state index is 0.180. The minimum Gasteiger partial charge on any atom is -0.489 e. The molecule has 5 nitrogen and oxygen atoms in total. The molecule has 1 heterocycles. The maximum Gasteiger partial charge on any atom is 0.254 e. The highest BCUT2D eigenvalue weighted by molar-refractivity contribution is 5.95. The first-order valence-corrected chi connectivity index (χ1v) is 9.25. The third-order valence-electron chi connectivity index (χ3n) is 4.57. The number of carbonyl (C=O) groups is 1. The third-order valence-corrected chi connectivity index (χ3v) is 4.57. The quantitative estimate of drug-likeness (QED) is 0.544. The number of aryl methyl sites for hydroxylation is 1. The number of fused-ring (bicyclic) bond motifs is 1. The Labute approximate surface area is 168 Å². The van der Waals surface area contributed by atoms with Crippen molar-refractivity contribution in [3.05, 3.63) is 101 Å². The average Bonchev–Trinajstić information content (AvgIpc) is 2.74.